The molecule has 0 saturated carbocycles. The molecular formula is C15H18ClN5O. The van der Waals surface area contributed by atoms with E-state index in [0.29, 0.717) is 17.4 Å². The molecule has 0 radical (unpaired) electrons. The van der Waals surface area contributed by atoms with E-state index in [4.69, 9.17) is 11.6 Å². The molecule has 116 valence electrons. The fourth-order valence-corrected chi connectivity index (χ4v) is 1.90. The van der Waals surface area contributed by atoms with E-state index >= 15 is 0 Å². The summed E-state index contributed by atoms with van der Waals surface area (Å²) in [5, 5.41) is 6.49. The molecule has 0 fully saturated rings. The van der Waals surface area contributed by atoms with E-state index < -0.39 is 0 Å². The molecule has 7 heteroatoms. The van der Waals surface area contributed by atoms with Gasteiger partial charge in [-0.25, -0.2) is 9.97 Å². The van der Waals surface area contributed by atoms with Crippen molar-refractivity contribution in [1.29, 1.82) is 0 Å². The largest absolute Gasteiger partial charge is 0.349 e. The highest BCUT2D eigenvalue weighted by molar-refractivity contribution is 6.30. The monoisotopic (exact) mass is 319 g/mol. The van der Waals surface area contributed by atoms with Gasteiger partial charge in [0.25, 0.3) is 5.91 Å². The van der Waals surface area contributed by atoms with E-state index in [1.807, 2.05) is 31.1 Å². The molecule has 0 aliphatic rings. The zero-order valence-corrected chi connectivity index (χ0v) is 13.3. The first-order valence-corrected chi connectivity index (χ1v) is 7.20. The fourth-order valence-electron chi connectivity index (χ4n) is 1.71. The maximum absolute atomic E-state index is 11.9. The van der Waals surface area contributed by atoms with Crippen molar-refractivity contribution in [2.24, 2.45) is 0 Å². The van der Waals surface area contributed by atoms with Gasteiger partial charge in [0.15, 0.2) is 0 Å². The Hall–Kier alpha value is -2.18. The summed E-state index contributed by atoms with van der Waals surface area (Å²) < 4.78 is 0. The van der Waals surface area contributed by atoms with Crippen molar-refractivity contribution in [3.8, 4) is 0 Å². The number of hydrogen-bond acceptors (Lipinski definition) is 5. The van der Waals surface area contributed by atoms with Crippen LogP contribution in [0.1, 0.15) is 10.5 Å². The van der Waals surface area contributed by atoms with Gasteiger partial charge in [0.2, 0.25) is 0 Å². The number of halogens is 1. The number of nitrogens with zero attached hydrogens (tertiary/aromatic N) is 3. The summed E-state index contributed by atoms with van der Waals surface area (Å²) in [6.45, 7) is 1.34. The second-order valence-electron chi connectivity index (χ2n) is 4.98. The molecule has 2 rings (SSSR count). The Kier molecular flexibility index (Phi) is 5.68. The first-order valence-electron chi connectivity index (χ1n) is 6.82. The second-order valence-corrected chi connectivity index (χ2v) is 5.42. The highest BCUT2D eigenvalue weighted by atomic mass is 35.5. The number of aromatic nitrogens is 2. The molecule has 22 heavy (non-hydrogen) atoms. The third-order valence-corrected chi connectivity index (χ3v) is 3.06. The molecule has 1 aromatic heterocycles. The van der Waals surface area contributed by atoms with Gasteiger partial charge in [-0.15, -0.1) is 0 Å². The van der Waals surface area contributed by atoms with Crippen molar-refractivity contribution < 1.29 is 4.79 Å². The van der Waals surface area contributed by atoms with Gasteiger partial charge in [0.05, 0.1) is 12.4 Å². The second kappa shape index (κ2) is 7.72. The molecule has 0 saturated heterocycles. The van der Waals surface area contributed by atoms with Crippen LogP contribution in [0, 0.1) is 0 Å². The lowest BCUT2D eigenvalue weighted by Crippen LogP contribution is -2.31. The minimum absolute atomic E-state index is 0.233. The summed E-state index contributed by atoms with van der Waals surface area (Å²) in [6.07, 6.45) is 2.96. The van der Waals surface area contributed by atoms with Gasteiger partial charge in [-0.05, 0) is 32.3 Å². The van der Waals surface area contributed by atoms with E-state index in [-0.39, 0.29) is 11.6 Å². The summed E-state index contributed by atoms with van der Waals surface area (Å²) in [6, 6.07) is 7.28. The van der Waals surface area contributed by atoms with E-state index in [1.54, 1.807) is 12.1 Å². The van der Waals surface area contributed by atoms with Crippen LogP contribution in [0.3, 0.4) is 0 Å². The molecule has 1 aromatic carbocycles. The van der Waals surface area contributed by atoms with Gasteiger partial charge in [-0.2, -0.15) is 0 Å². The van der Waals surface area contributed by atoms with Crippen LogP contribution in [0.25, 0.3) is 0 Å². The maximum atomic E-state index is 11.9. The molecule has 0 aliphatic carbocycles. The SMILES string of the molecule is CN(C)CCNC(=O)c1cnc(Nc2cccc(Cl)c2)cn1. The van der Waals surface area contributed by atoms with Gasteiger partial charge in [0.1, 0.15) is 11.5 Å². The first-order chi connectivity index (χ1) is 10.5. The Balaban J connectivity index is 1.93. The predicted molar refractivity (Wildman–Crippen MR) is 87.7 cm³/mol. The fraction of sp³-hybridized carbons (Fsp3) is 0.267. The van der Waals surface area contributed by atoms with Gasteiger partial charge in [-0.3, -0.25) is 4.79 Å². The van der Waals surface area contributed by atoms with Crippen LogP contribution in [-0.2, 0) is 0 Å². The highest BCUT2D eigenvalue weighted by Crippen LogP contribution is 2.18. The van der Waals surface area contributed by atoms with Crippen molar-refractivity contribution in [3.05, 3.63) is 47.4 Å². The molecule has 2 aromatic rings. The number of amides is 1. The van der Waals surface area contributed by atoms with Crippen molar-refractivity contribution in [2.75, 3.05) is 32.5 Å². The number of carbonyl (C=O) groups excluding carboxylic acids is 1. The van der Waals surface area contributed by atoms with Crippen LogP contribution >= 0.6 is 11.6 Å². The molecule has 0 bridgehead atoms. The third kappa shape index (κ3) is 4.98. The minimum atomic E-state index is -0.233. The Bertz CT molecular complexity index is 630. The average molecular weight is 320 g/mol. The molecule has 0 spiro atoms. The number of anilines is 2. The molecule has 0 atom stereocenters. The van der Waals surface area contributed by atoms with Crippen molar-refractivity contribution in [3.63, 3.8) is 0 Å². The van der Waals surface area contributed by atoms with Crippen LogP contribution in [0.2, 0.25) is 5.02 Å². The zero-order valence-electron chi connectivity index (χ0n) is 12.5. The lowest BCUT2D eigenvalue weighted by Gasteiger charge is -2.10. The lowest BCUT2D eigenvalue weighted by molar-refractivity contribution is 0.0945. The quantitative estimate of drug-likeness (QED) is 0.854. The number of nitrogens with one attached hydrogen (secondary N) is 2. The highest BCUT2D eigenvalue weighted by Gasteiger charge is 2.07. The van der Waals surface area contributed by atoms with Crippen molar-refractivity contribution >= 4 is 29.0 Å². The summed E-state index contributed by atoms with van der Waals surface area (Å²) in [5.41, 5.74) is 1.10. The minimum Gasteiger partial charge on any atom is -0.349 e. The van der Waals surface area contributed by atoms with Gasteiger partial charge >= 0.3 is 0 Å². The normalized spacial score (nSPS) is 10.5. The van der Waals surface area contributed by atoms with Gasteiger partial charge in [-0.1, -0.05) is 17.7 Å². The van der Waals surface area contributed by atoms with Crippen LogP contribution in [0.4, 0.5) is 11.5 Å². The third-order valence-electron chi connectivity index (χ3n) is 2.83. The Morgan fingerprint density at radius 1 is 1.27 bits per heavy atom. The molecule has 0 aliphatic heterocycles. The summed E-state index contributed by atoms with van der Waals surface area (Å²) in [5.74, 6) is 0.316. The maximum Gasteiger partial charge on any atom is 0.271 e. The summed E-state index contributed by atoms with van der Waals surface area (Å²) >= 11 is 5.92. The average Bonchev–Trinajstić information content (AvgIpc) is 2.47. The molecule has 6 nitrogen and oxygen atoms in total. The zero-order chi connectivity index (χ0) is 15.9. The van der Waals surface area contributed by atoms with Crippen molar-refractivity contribution in [2.45, 2.75) is 0 Å². The van der Waals surface area contributed by atoms with Gasteiger partial charge < -0.3 is 15.5 Å². The Morgan fingerprint density at radius 2 is 2.09 bits per heavy atom. The van der Waals surface area contributed by atoms with E-state index in [2.05, 4.69) is 20.6 Å². The number of rotatable bonds is 6. The summed E-state index contributed by atoms with van der Waals surface area (Å²) in [7, 11) is 3.89. The summed E-state index contributed by atoms with van der Waals surface area (Å²) in [4.78, 5) is 22.2. The Morgan fingerprint density at radius 3 is 2.73 bits per heavy atom. The molecule has 1 heterocycles. The van der Waals surface area contributed by atoms with Crippen LogP contribution in [0.5, 0.6) is 0 Å². The topological polar surface area (TPSA) is 70.2 Å². The molecule has 0 unspecified atom stereocenters. The van der Waals surface area contributed by atoms with Crippen LogP contribution in [0.15, 0.2) is 36.7 Å². The standard InChI is InChI=1S/C15H18ClN5O/c1-21(2)7-6-17-15(22)13-9-19-14(10-18-13)20-12-5-3-4-11(16)8-12/h3-5,8-10H,6-7H2,1-2H3,(H,17,22)(H,19,20). The number of carbonyl (C=O) groups is 1. The number of likely N-dealkylation sites (N-methyl/N-ethyl adjacent to an activating group) is 1. The van der Waals surface area contributed by atoms with E-state index in [9.17, 15) is 4.79 Å². The number of hydrogen-bond donors (Lipinski definition) is 2. The molecular weight excluding hydrogens is 302 g/mol. The van der Waals surface area contributed by atoms with Crippen LogP contribution in [-0.4, -0.2) is 48.0 Å². The van der Waals surface area contributed by atoms with Crippen molar-refractivity contribution in [1.82, 2.24) is 20.2 Å². The smallest absolute Gasteiger partial charge is 0.271 e. The predicted octanol–water partition coefficient (Wildman–Crippen LogP) is 2.17. The number of benzene rings is 1. The van der Waals surface area contributed by atoms with E-state index in [1.165, 1.54) is 12.4 Å². The van der Waals surface area contributed by atoms with Crippen LogP contribution < -0.4 is 10.6 Å². The van der Waals surface area contributed by atoms with E-state index in [0.717, 1.165) is 12.2 Å². The van der Waals surface area contributed by atoms with Gasteiger partial charge in [0, 0.05) is 23.8 Å². The first kappa shape index (κ1) is 16.2. The Labute approximate surface area is 134 Å². The molecule has 2 N–H and O–H groups in total. The molecule has 1 amide bonds. The lowest BCUT2D eigenvalue weighted by atomic mass is 10.3.